The predicted molar refractivity (Wildman–Crippen MR) is 110 cm³/mol. The lowest BCUT2D eigenvalue weighted by Crippen LogP contribution is -2.31. The van der Waals surface area contributed by atoms with Gasteiger partial charge in [-0.1, -0.05) is 58.1 Å². The summed E-state index contributed by atoms with van der Waals surface area (Å²) in [5.74, 6) is -0.227. The van der Waals surface area contributed by atoms with Crippen LogP contribution in [0.1, 0.15) is 100 Å². The molecule has 0 heterocycles. The normalized spacial score (nSPS) is 22.2. The van der Waals surface area contributed by atoms with E-state index in [1.165, 1.54) is 37.7 Å². The summed E-state index contributed by atoms with van der Waals surface area (Å²) in [7, 11) is 0. The van der Waals surface area contributed by atoms with Gasteiger partial charge < -0.3 is 4.74 Å². The summed E-state index contributed by atoms with van der Waals surface area (Å²) in [4.78, 5) is 12.4. The number of rotatable bonds is 10. The van der Waals surface area contributed by atoms with Crippen LogP contribution in [0.4, 0.5) is 0 Å². The molecule has 0 bridgehead atoms. The quantitative estimate of drug-likeness (QED) is 0.344. The van der Waals surface area contributed by atoms with Gasteiger partial charge in [-0.05, 0) is 62.6 Å². The van der Waals surface area contributed by atoms with Crippen molar-refractivity contribution in [3.05, 3.63) is 35.4 Å². The SMILES string of the molecule is CCCCCC[C@]1(C#N)CC[C@@H](OC(=O)c2ccc(CCCC)cc2)CC1. The fourth-order valence-corrected chi connectivity index (χ4v) is 3.98. The number of aryl methyl sites for hydroxylation is 1. The maximum atomic E-state index is 12.4. The van der Waals surface area contributed by atoms with Crippen LogP contribution in [-0.4, -0.2) is 12.1 Å². The Morgan fingerprint density at radius 3 is 2.33 bits per heavy atom. The molecule has 0 spiro atoms. The summed E-state index contributed by atoms with van der Waals surface area (Å²) in [6.07, 6.45) is 12.5. The molecule has 0 atom stereocenters. The fourth-order valence-electron chi connectivity index (χ4n) is 3.98. The van der Waals surface area contributed by atoms with Crippen molar-refractivity contribution in [2.24, 2.45) is 5.41 Å². The lowest BCUT2D eigenvalue weighted by atomic mass is 9.71. The molecule has 1 aliphatic carbocycles. The Bertz CT molecular complexity index is 606. The molecule has 1 fully saturated rings. The molecular weight excluding hydrogens is 334 g/mol. The first-order valence-corrected chi connectivity index (χ1v) is 10.8. The second-order valence-corrected chi connectivity index (χ2v) is 8.11. The Labute approximate surface area is 165 Å². The Kier molecular flexibility index (Phi) is 8.85. The molecule has 0 aromatic heterocycles. The molecule has 0 aliphatic heterocycles. The minimum absolute atomic E-state index is 0.0469. The van der Waals surface area contributed by atoms with Crippen LogP contribution in [0.3, 0.4) is 0 Å². The van der Waals surface area contributed by atoms with Gasteiger partial charge in [0, 0.05) is 0 Å². The first kappa shape index (κ1) is 21.5. The number of benzene rings is 1. The van der Waals surface area contributed by atoms with E-state index in [-0.39, 0.29) is 17.5 Å². The third-order valence-electron chi connectivity index (χ3n) is 5.92. The van der Waals surface area contributed by atoms with Gasteiger partial charge >= 0.3 is 5.97 Å². The highest BCUT2D eigenvalue weighted by Crippen LogP contribution is 2.41. The van der Waals surface area contributed by atoms with Crippen molar-refractivity contribution in [1.82, 2.24) is 0 Å². The Hall–Kier alpha value is -1.82. The lowest BCUT2D eigenvalue weighted by Gasteiger charge is -2.34. The van der Waals surface area contributed by atoms with E-state index in [1.54, 1.807) is 0 Å². The van der Waals surface area contributed by atoms with Crippen molar-refractivity contribution in [2.45, 2.75) is 97.0 Å². The molecular formula is C24H35NO2. The molecule has 0 N–H and O–H groups in total. The summed E-state index contributed by atoms with van der Waals surface area (Å²) in [5.41, 5.74) is 1.71. The van der Waals surface area contributed by atoms with Crippen LogP contribution in [0, 0.1) is 16.7 Å². The zero-order valence-electron chi connectivity index (χ0n) is 17.1. The average molecular weight is 370 g/mol. The molecule has 148 valence electrons. The van der Waals surface area contributed by atoms with Gasteiger partial charge in [0.1, 0.15) is 6.10 Å². The molecule has 0 saturated heterocycles. The smallest absolute Gasteiger partial charge is 0.338 e. The van der Waals surface area contributed by atoms with Gasteiger partial charge in [-0.25, -0.2) is 4.79 Å². The van der Waals surface area contributed by atoms with Crippen LogP contribution in [0.15, 0.2) is 24.3 Å². The van der Waals surface area contributed by atoms with Crippen molar-refractivity contribution in [2.75, 3.05) is 0 Å². The molecule has 1 aliphatic rings. The minimum atomic E-state index is -0.227. The van der Waals surface area contributed by atoms with E-state index >= 15 is 0 Å². The van der Waals surface area contributed by atoms with Gasteiger partial charge in [0.05, 0.1) is 17.0 Å². The molecule has 27 heavy (non-hydrogen) atoms. The van der Waals surface area contributed by atoms with Gasteiger partial charge in [-0.3, -0.25) is 0 Å². The number of nitrogens with zero attached hydrogens (tertiary/aromatic N) is 1. The van der Waals surface area contributed by atoms with E-state index in [9.17, 15) is 10.1 Å². The summed E-state index contributed by atoms with van der Waals surface area (Å²) in [6, 6.07) is 10.4. The van der Waals surface area contributed by atoms with E-state index in [1.807, 2.05) is 24.3 Å². The van der Waals surface area contributed by atoms with Crippen LogP contribution in [0.5, 0.6) is 0 Å². The Morgan fingerprint density at radius 1 is 1.07 bits per heavy atom. The first-order chi connectivity index (χ1) is 13.1. The van der Waals surface area contributed by atoms with Gasteiger partial charge in [-0.2, -0.15) is 5.26 Å². The van der Waals surface area contributed by atoms with E-state index < -0.39 is 0 Å². The summed E-state index contributed by atoms with van der Waals surface area (Å²) < 4.78 is 5.73. The number of carbonyl (C=O) groups is 1. The molecule has 1 saturated carbocycles. The largest absolute Gasteiger partial charge is 0.459 e. The van der Waals surface area contributed by atoms with Crippen molar-refractivity contribution < 1.29 is 9.53 Å². The second-order valence-electron chi connectivity index (χ2n) is 8.11. The fraction of sp³-hybridized carbons (Fsp3) is 0.667. The monoisotopic (exact) mass is 369 g/mol. The predicted octanol–water partition coefficient (Wildman–Crippen LogP) is 6.61. The molecule has 1 aromatic carbocycles. The van der Waals surface area contributed by atoms with Crippen molar-refractivity contribution in [3.8, 4) is 6.07 Å². The summed E-state index contributed by atoms with van der Waals surface area (Å²) in [5, 5.41) is 9.67. The van der Waals surface area contributed by atoms with Crippen LogP contribution >= 0.6 is 0 Å². The molecule has 1 aromatic rings. The Balaban J connectivity index is 1.80. The number of hydrogen-bond donors (Lipinski definition) is 0. The third-order valence-corrected chi connectivity index (χ3v) is 5.92. The maximum Gasteiger partial charge on any atom is 0.338 e. The van der Waals surface area contributed by atoms with Gasteiger partial charge in [0.15, 0.2) is 0 Å². The first-order valence-electron chi connectivity index (χ1n) is 10.8. The van der Waals surface area contributed by atoms with Crippen molar-refractivity contribution in [1.29, 1.82) is 5.26 Å². The molecule has 2 rings (SSSR count). The van der Waals surface area contributed by atoms with E-state index in [0.29, 0.717) is 5.56 Å². The van der Waals surface area contributed by atoms with Crippen LogP contribution < -0.4 is 0 Å². The topological polar surface area (TPSA) is 50.1 Å². The van der Waals surface area contributed by atoms with Crippen molar-refractivity contribution in [3.63, 3.8) is 0 Å². The summed E-state index contributed by atoms with van der Waals surface area (Å²) in [6.45, 7) is 4.39. The van der Waals surface area contributed by atoms with Gasteiger partial charge in [0.2, 0.25) is 0 Å². The third kappa shape index (κ3) is 6.69. The molecule has 3 nitrogen and oxygen atoms in total. The standard InChI is InChI=1S/C24H35NO2/c1-3-5-7-8-16-24(19-25)17-14-22(15-18-24)27-23(26)21-12-10-20(11-13-21)9-6-4-2/h10-13,22H,3-9,14-18H2,1-2H3/t22-,24+. The number of ether oxygens (including phenoxy) is 1. The zero-order chi connectivity index (χ0) is 19.5. The molecule has 3 heteroatoms. The summed E-state index contributed by atoms with van der Waals surface area (Å²) >= 11 is 0. The highest BCUT2D eigenvalue weighted by molar-refractivity contribution is 5.89. The van der Waals surface area contributed by atoms with E-state index in [0.717, 1.165) is 44.9 Å². The number of unbranched alkanes of at least 4 members (excludes halogenated alkanes) is 4. The van der Waals surface area contributed by atoms with E-state index in [2.05, 4.69) is 19.9 Å². The van der Waals surface area contributed by atoms with Crippen LogP contribution in [0.2, 0.25) is 0 Å². The van der Waals surface area contributed by atoms with Gasteiger partial charge in [-0.15, -0.1) is 0 Å². The van der Waals surface area contributed by atoms with Crippen LogP contribution in [0.25, 0.3) is 0 Å². The average Bonchev–Trinajstić information content (AvgIpc) is 2.71. The second kappa shape index (κ2) is 11.1. The number of carbonyl (C=O) groups excluding carboxylic acids is 1. The maximum absolute atomic E-state index is 12.4. The Morgan fingerprint density at radius 2 is 1.74 bits per heavy atom. The number of hydrogen-bond acceptors (Lipinski definition) is 3. The zero-order valence-corrected chi connectivity index (χ0v) is 17.1. The van der Waals surface area contributed by atoms with Crippen LogP contribution in [-0.2, 0) is 11.2 Å². The molecule has 0 unspecified atom stereocenters. The lowest BCUT2D eigenvalue weighted by molar-refractivity contribution is 0.0105. The minimum Gasteiger partial charge on any atom is -0.459 e. The van der Waals surface area contributed by atoms with Gasteiger partial charge in [0.25, 0.3) is 0 Å². The number of esters is 1. The van der Waals surface area contributed by atoms with Crippen molar-refractivity contribution >= 4 is 5.97 Å². The van der Waals surface area contributed by atoms with E-state index in [4.69, 9.17) is 4.74 Å². The highest BCUT2D eigenvalue weighted by atomic mass is 16.5. The highest BCUT2D eigenvalue weighted by Gasteiger charge is 2.36. The molecule has 0 amide bonds. The molecule has 0 radical (unpaired) electrons. The number of nitriles is 1.